The van der Waals surface area contributed by atoms with Gasteiger partial charge in [0.2, 0.25) is 0 Å². The van der Waals surface area contributed by atoms with Crippen molar-refractivity contribution in [2.45, 2.75) is 44.8 Å². The summed E-state index contributed by atoms with van der Waals surface area (Å²) < 4.78 is 36.1. The van der Waals surface area contributed by atoms with Gasteiger partial charge in [-0.2, -0.15) is 18.4 Å². The van der Waals surface area contributed by atoms with Gasteiger partial charge in [-0.15, -0.1) is 0 Å². The highest BCUT2D eigenvalue weighted by atomic mass is 19.4. The minimum absolute atomic E-state index is 0.00593. The van der Waals surface area contributed by atoms with Crippen LogP contribution in [0.3, 0.4) is 0 Å². The van der Waals surface area contributed by atoms with Crippen molar-refractivity contribution in [1.29, 1.82) is 5.26 Å². The lowest BCUT2D eigenvalue weighted by Crippen LogP contribution is -2.33. The van der Waals surface area contributed by atoms with Crippen molar-refractivity contribution in [3.8, 4) is 6.07 Å². The number of halogens is 3. The molecule has 1 fully saturated rings. The lowest BCUT2D eigenvalue weighted by atomic mass is 9.86. The van der Waals surface area contributed by atoms with Crippen molar-refractivity contribution in [1.82, 2.24) is 0 Å². The van der Waals surface area contributed by atoms with Crippen molar-refractivity contribution < 1.29 is 13.2 Å². The van der Waals surface area contributed by atoms with Crippen LogP contribution < -0.4 is 5.73 Å². The van der Waals surface area contributed by atoms with E-state index in [1.807, 2.05) is 0 Å². The third-order valence-electron chi connectivity index (χ3n) is 2.23. The summed E-state index contributed by atoms with van der Waals surface area (Å²) in [6.45, 7) is 1.43. The SMILES string of the molecule is CC#N.NC1CCC(C(F)(F)F)CC1. The molecule has 14 heavy (non-hydrogen) atoms. The molecule has 0 aromatic heterocycles. The molecule has 0 unspecified atom stereocenters. The van der Waals surface area contributed by atoms with Crippen LogP contribution in [0.15, 0.2) is 0 Å². The van der Waals surface area contributed by atoms with Gasteiger partial charge in [-0.3, -0.25) is 0 Å². The highest BCUT2D eigenvalue weighted by Crippen LogP contribution is 2.36. The van der Waals surface area contributed by atoms with Crippen LogP contribution >= 0.6 is 0 Å². The fourth-order valence-corrected chi connectivity index (χ4v) is 1.45. The van der Waals surface area contributed by atoms with Gasteiger partial charge >= 0.3 is 6.18 Å². The van der Waals surface area contributed by atoms with Crippen molar-refractivity contribution in [3.05, 3.63) is 0 Å². The molecular formula is C9H15F3N2. The van der Waals surface area contributed by atoms with Crippen LogP contribution in [0, 0.1) is 17.2 Å². The standard InChI is InChI=1S/C7H12F3N.C2H3N/c8-7(9,10)5-1-3-6(11)4-2-5;1-2-3/h5-6H,1-4,11H2;1H3. The molecule has 0 atom stereocenters. The predicted molar refractivity (Wildman–Crippen MR) is 47.3 cm³/mol. The minimum Gasteiger partial charge on any atom is -0.328 e. The van der Waals surface area contributed by atoms with Gasteiger partial charge in [0.1, 0.15) is 0 Å². The Morgan fingerprint density at radius 1 is 1.21 bits per heavy atom. The first-order valence-corrected chi connectivity index (χ1v) is 4.55. The van der Waals surface area contributed by atoms with Gasteiger partial charge in [-0.25, -0.2) is 0 Å². The summed E-state index contributed by atoms with van der Waals surface area (Å²) in [5.74, 6) is -1.10. The Labute approximate surface area is 81.9 Å². The van der Waals surface area contributed by atoms with Crippen molar-refractivity contribution in [3.63, 3.8) is 0 Å². The minimum atomic E-state index is -4.00. The van der Waals surface area contributed by atoms with E-state index >= 15 is 0 Å². The van der Waals surface area contributed by atoms with Crippen LogP contribution in [0.1, 0.15) is 32.6 Å². The lowest BCUT2D eigenvalue weighted by Gasteiger charge is -2.27. The van der Waals surface area contributed by atoms with E-state index in [0.717, 1.165) is 0 Å². The molecular weight excluding hydrogens is 193 g/mol. The van der Waals surface area contributed by atoms with Crippen molar-refractivity contribution >= 4 is 0 Å². The molecule has 0 spiro atoms. The van der Waals surface area contributed by atoms with Gasteiger partial charge in [-0.05, 0) is 25.7 Å². The van der Waals surface area contributed by atoms with Crippen LogP contribution in [-0.4, -0.2) is 12.2 Å². The largest absolute Gasteiger partial charge is 0.391 e. The zero-order chi connectivity index (χ0) is 11.2. The molecule has 82 valence electrons. The summed E-state index contributed by atoms with van der Waals surface area (Å²) >= 11 is 0. The third-order valence-corrected chi connectivity index (χ3v) is 2.23. The second kappa shape index (κ2) is 5.86. The first-order valence-electron chi connectivity index (χ1n) is 4.55. The Morgan fingerprint density at radius 3 is 1.86 bits per heavy atom. The smallest absolute Gasteiger partial charge is 0.328 e. The molecule has 0 saturated heterocycles. The predicted octanol–water partition coefficient (Wildman–Crippen LogP) is 2.60. The summed E-state index contributed by atoms with van der Waals surface area (Å²) in [7, 11) is 0. The van der Waals surface area contributed by atoms with E-state index in [-0.39, 0.29) is 18.9 Å². The quantitative estimate of drug-likeness (QED) is 0.665. The van der Waals surface area contributed by atoms with Crippen LogP contribution in [0.4, 0.5) is 13.2 Å². The van der Waals surface area contributed by atoms with Gasteiger partial charge in [-0.1, -0.05) is 0 Å². The summed E-state index contributed by atoms with van der Waals surface area (Å²) in [6, 6.07) is 1.74. The average molecular weight is 208 g/mol. The Hall–Kier alpha value is -0.760. The third kappa shape index (κ3) is 5.07. The van der Waals surface area contributed by atoms with E-state index in [1.54, 1.807) is 6.07 Å². The number of hydrogen-bond donors (Lipinski definition) is 1. The summed E-state index contributed by atoms with van der Waals surface area (Å²) in [5.41, 5.74) is 5.47. The van der Waals surface area contributed by atoms with Gasteiger partial charge < -0.3 is 5.73 Å². The lowest BCUT2D eigenvalue weighted by molar-refractivity contribution is -0.182. The summed E-state index contributed by atoms with van der Waals surface area (Å²) in [5, 5.41) is 7.32. The topological polar surface area (TPSA) is 49.8 Å². The van der Waals surface area contributed by atoms with E-state index in [1.165, 1.54) is 6.92 Å². The second-order valence-corrected chi connectivity index (χ2v) is 3.38. The van der Waals surface area contributed by atoms with Crippen molar-refractivity contribution in [2.75, 3.05) is 0 Å². The number of nitrogens with two attached hydrogens (primary N) is 1. The Balaban J connectivity index is 0.000000500. The fraction of sp³-hybridized carbons (Fsp3) is 0.889. The average Bonchev–Trinajstić information content (AvgIpc) is 2.04. The van der Waals surface area contributed by atoms with Gasteiger partial charge in [0.05, 0.1) is 12.0 Å². The Bertz CT molecular complexity index is 187. The van der Waals surface area contributed by atoms with E-state index < -0.39 is 12.1 Å². The zero-order valence-corrected chi connectivity index (χ0v) is 8.14. The molecule has 1 rings (SSSR count). The second-order valence-electron chi connectivity index (χ2n) is 3.38. The highest BCUT2D eigenvalue weighted by Gasteiger charge is 2.40. The molecule has 0 amide bonds. The molecule has 0 heterocycles. The van der Waals surface area contributed by atoms with E-state index in [2.05, 4.69) is 0 Å². The zero-order valence-electron chi connectivity index (χ0n) is 8.14. The molecule has 0 aromatic carbocycles. The van der Waals surface area contributed by atoms with Crippen molar-refractivity contribution in [2.24, 2.45) is 11.7 Å². The number of nitrogens with zero attached hydrogens (tertiary/aromatic N) is 1. The Kier molecular flexibility index (Phi) is 5.55. The number of alkyl halides is 3. The van der Waals surface area contributed by atoms with Crippen LogP contribution in [-0.2, 0) is 0 Å². The van der Waals surface area contributed by atoms with E-state index in [9.17, 15) is 13.2 Å². The number of hydrogen-bond acceptors (Lipinski definition) is 2. The molecule has 0 aromatic rings. The highest BCUT2D eigenvalue weighted by molar-refractivity contribution is 4.78. The maximum Gasteiger partial charge on any atom is 0.391 e. The molecule has 2 nitrogen and oxygen atoms in total. The first kappa shape index (κ1) is 13.2. The van der Waals surface area contributed by atoms with E-state index in [4.69, 9.17) is 11.0 Å². The molecule has 0 bridgehead atoms. The van der Waals surface area contributed by atoms with Gasteiger partial charge in [0, 0.05) is 13.0 Å². The summed E-state index contributed by atoms with van der Waals surface area (Å²) in [6.07, 6.45) is -2.54. The number of rotatable bonds is 0. The molecule has 0 aliphatic heterocycles. The van der Waals surface area contributed by atoms with Crippen LogP contribution in [0.25, 0.3) is 0 Å². The molecule has 1 aliphatic carbocycles. The van der Waals surface area contributed by atoms with Crippen LogP contribution in [0.2, 0.25) is 0 Å². The molecule has 1 saturated carbocycles. The Morgan fingerprint density at radius 2 is 1.57 bits per heavy atom. The normalized spacial score (nSPS) is 27.1. The molecule has 0 radical (unpaired) electrons. The van der Waals surface area contributed by atoms with Gasteiger partial charge in [0.15, 0.2) is 0 Å². The van der Waals surface area contributed by atoms with Crippen LogP contribution in [0.5, 0.6) is 0 Å². The first-order chi connectivity index (χ1) is 6.41. The van der Waals surface area contributed by atoms with Gasteiger partial charge in [0.25, 0.3) is 0 Å². The summed E-state index contributed by atoms with van der Waals surface area (Å²) in [4.78, 5) is 0. The molecule has 1 aliphatic rings. The van der Waals surface area contributed by atoms with E-state index in [0.29, 0.717) is 12.8 Å². The monoisotopic (exact) mass is 208 g/mol. The maximum absolute atomic E-state index is 12.0. The molecule has 2 N–H and O–H groups in total. The number of nitriles is 1. The maximum atomic E-state index is 12.0. The fourth-order valence-electron chi connectivity index (χ4n) is 1.45. The molecule has 5 heteroatoms.